The summed E-state index contributed by atoms with van der Waals surface area (Å²) in [6, 6.07) is 0. The van der Waals surface area contributed by atoms with Gasteiger partial charge in [-0.2, -0.15) is 0 Å². The van der Waals surface area contributed by atoms with Crippen LogP contribution in [0.25, 0.3) is 0 Å². The highest BCUT2D eigenvalue weighted by Gasteiger charge is 2.21. The molecule has 0 saturated carbocycles. The molecular formula is C52H100NO8P. The second-order valence-corrected chi connectivity index (χ2v) is 20.3. The fourth-order valence-corrected chi connectivity index (χ4v) is 8.09. The molecular weight excluding hydrogens is 798 g/mol. The molecule has 1 unspecified atom stereocenters. The van der Waals surface area contributed by atoms with E-state index in [2.05, 4.69) is 38.2 Å². The van der Waals surface area contributed by atoms with Gasteiger partial charge in [-0.3, -0.25) is 14.2 Å². The normalized spacial score (nSPS) is 13.6. The van der Waals surface area contributed by atoms with Gasteiger partial charge >= 0.3 is 11.9 Å². The number of ether oxygens (including phenoxy) is 2. The van der Waals surface area contributed by atoms with Gasteiger partial charge in [-0.05, 0) is 57.8 Å². The molecule has 0 aliphatic rings. The number of carbonyl (C=O) groups is 2. The number of allylic oxidation sites excluding steroid dienone is 4. The first-order valence-corrected chi connectivity index (χ1v) is 27.5. The monoisotopic (exact) mass is 898 g/mol. The highest BCUT2D eigenvalue weighted by molar-refractivity contribution is 7.45. The Balaban J connectivity index is 4.22. The van der Waals surface area contributed by atoms with Crippen LogP contribution in [0.5, 0.6) is 0 Å². The number of quaternary nitrogens is 1. The van der Waals surface area contributed by atoms with Crippen molar-refractivity contribution < 1.29 is 42.1 Å². The summed E-state index contributed by atoms with van der Waals surface area (Å²) in [4.78, 5) is 37.7. The van der Waals surface area contributed by atoms with E-state index in [1.807, 2.05) is 21.1 Å². The topological polar surface area (TPSA) is 111 Å². The number of carbonyl (C=O) groups excluding carboxylic acids is 2. The fraction of sp³-hybridized carbons (Fsp3) is 0.885. The number of hydrogen-bond acceptors (Lipinski definition) is 8. The second-order valence-electron chi connectivity index (χ2n) is 18.9. The third kappa shape index (κ3) is 48.0. The highest BCUT2D eigenvalue weighted by Crippen LogP contribution is 2.38. The first-order chi connectivity index (χ1) is 30.0. The molecule has 0 aromatic rings. The summed E-state index contributed by atoms with van der Waals surface area (Å²) in [7, 11) is 1.15. The molecule has 0 spiro atoms. The van der Waals surface area contributed by atoms with E-state index in [-0.39, 0.29) is 26.1 Å². The third-order valence-corrected chi connectivity index (χ3v) is 12.4. The van der Waals surface area contributed by atoms with Gasteiger partial charge in [-0.1, -0.05) is 199 Å². The molecule has 0 bridgehead atoms. The minimum atomic E-state index is -4.64. The predicted molar refractivity (Wildman–Crippen MR) is 259 cm³/mol. The van der Waals surface area contributed by atoms with Crippen molar-refractivity contribution in [2.75, 3.05) is 47.5 Å². The quantitative estimate of drug-likeness (QED) is 0.0195. The summed E-state index contributed by atoms with van der Waals surface area (Å²) < 4.78 is 34.0. The van der Waals surface area contributed by atoms with Crippen LogP contribution in [-0.4, -0.2) is 70.0 Å². The Morgan fingerprint density at radius 1 is 0.484 bits per heavy atom. The Bertz CT molecular complexity index is 1110. The average molecular weight is 898 g/mol. The summed E-state index contributed by atoms with van der Waals surface area (Å²) in [5, 5.41) is 0. The molecule has 0 aromatic heterocycles. The van der Waals surface area contributed by atoms with Gasteiger partial charge in [-0.25, -0.2) is 0 Å². The summed E-state index contributed by atoms with van der Waals surface area (Å²) in [6.45, 7) is 4.22. The first-order valence-electron chi connectivity index (χ1n) is 26.0. The van der Waals surface area contributed by atoms with E-state index in [1.54, 1.807) is 0 Å². The van der Waals surface area contributed by atoms with Crippen LogP contribution in [0.4, 0.5) is 0 Å². The minimum Gasteiger partial charge on any atom is -0.756 e. The van der Waals surface area contributed by atoms with Crippen LogP contribution in [0.15, 0.2) is 24.3 Å². The predicted octanol–water partition coefficient (Wildman–Crippen LogP) is 14.8. The van der Waals surface area contributed by atoms with Gasteiger partial charge in [0.15, 0.2) is 6.10 Å². The number of unbranched alkanes of at least 4 members (excludes halogenated alkanes) is 30. The number of rotatable bonds is 48. The summed E-state index contributed by atoms with van der Waals surface area (Å²) in [5.41, 5.74) is 0. The van der Waals surface area contributed by atoms with Gasteiger partial charge in [0, 0.05) is 12.8 Å². The fourth-order valence-electron chi connectivity index (χ4n) is 7.36. The smallest absolute Gasteiger partial charge is 0.306 e. The number of likely N-dealkylation sites (N-methyl/N-ethyl adjacent to an activating group) is 1. The van der Waals surface area contributed by atoms with Gasteiger partial charge in [0.25, 0.3) is 7.82 Å². The van der Waals surface area contributed by atoms with Crippen molar-refractivity contribution in [1.82, 2.24) is 0 Å². The maximum Gasteiger partial charge on any atom is 0.306 e. The van der Waals surface area contributed by atoms with E-state index in [4.69, 9.17) is 18.5 Å². The van der Waals surface area contributed by atoms with Crippen LogP contribution in [0.3, 0.4) is 0 Å². The van der Waals surface area contributed by atoms with Crippen molar-refractivity contribution in [2.24, 2.45) is 0 Å². The summed E-state index contributed by atoms with van der Waals surface area (Å²) in [6.07, 6.45) is 50.9. The van der Waals surface area contributed by atoms with Crippen LogP contribution in [-0.2, 0) is 32.7 Å². The van der Waals surface area contributed by atoms with E-state index in [0.29, 0.717) is 23.9 Å². The number of hydrogen-bond donors (Lipinski definition) is 0. The van der Waals surface area contributed by atoms with Crippen LogP contribution in [0.1, 0.15) is 245 Å². The van der Waals surface area contributed by atoms with Crippen molar-refractivity contribution >= 4 is 19.8 Å². The van der Waals surface area contributed by atoms with Gasteiger partial charge in [0.2, 0.25) is 0 Å². The molecule has 0 aliphatic heterocycles. The summed E-state index contributed by atoms with van der Waals surface area (Å²) in [5.74, 6) is -0.880. The van der Waals surface area contributed by atoms with Crippen molar-refractivity contribution in [3.8, 4) is 0 Å². The van der Waals surface area contributed by atoms with E-state index >= 15 is 0 Å². The molecule has 0 radical (unpaired) electrons. The Kier molecular flexibility index (Phi) is 43.6. The van der Waals surface area contributed by atoms with E-state index in [0.717, 1.165) is 38.5 Å². The van der Waals surface area contributed by atoms with Gasteiger partial charge in [0.05, 0.1) is 27.7 Å². The van der Waals surface area contributed by atoms with Gasteiger partial charge in [0.1, 0.15) is 19.8 Å². The SMILES string of the molecule is CCCCCCCCCC/C=C/CCCCCC(=O)O[C@@H](COC(=O)CCC/C=C/CCCCCCCCCCCCCCCCCCCC)COP(=O)([O-])OCC[N+](C)(C)C. The Morgan fingerprint density at radius 2 is 0.839 bits per heavy atom. The molecule has 0 N–H and O–H groups in total. The molecule has 0 saturated heterocycles. The van der Waals surface area contributed by atoms with Crippen molar-refractivity contribution in [1.29, 1.82) is 0 Å². The zero-order valence-electron chi connectivity index (χ0n) is 41.3. The molecule has 62 heavy (non-hydrogen) atoms. The standard InChI is InChI=1S/C52H100NO8P/c1-6-8-10-12-14-16-18-20-22-23-24-25-26-27-28-29-31-32-34-36-38-40-42-44-51(54)58-48-50(49-60-62(56,57)59-47-46-53(3,4)5)61-52(55)45-43-41-39-37-35-33-30-21-19-17-15-13-11-9-7-2/h33,35-36,38,50H,6-32,34,37,39-49H2,1-5H3/b35-33+,38-36+/t50-/m0/s1. The molecule has 0 aromatic carbocycles. The third-order valence-electron chi connectivity index (χ3n) is 11.4. The molecule has 0 amide bonds. The Hall–Kier alpha value is -1.51. The maximum absolute atomic E-state index is 12.7. The van der Waals surface area contributed by atoms with E-state index in [9.17, 15) is 19.0 Å². The number of nitrogens with zero attached hydrogens (tertiary/aromatic N) is 1. The molecule has 0 fully saturated rings. The zero-order chi connectivity index (χ0) is 45.7. The van der Waals surface area contributed by atoms with Crippen molar-refractivity contribution in [3.05, 3.63) is 24.3 Å². The molecule has 366 valence electrons. The molecule has 0 heterocycles. The highest BCUT2D eigenvalue weighted by atomic mass is 31.2. The second kappa shape index (κ2) is 44.7. The molecule has 0 aliphatic carbocycles. The largest absolute Gasteiger partial charge is 0.756 e. The van der Waals surface area contributed by atoms with Crippen molar-refractivity contribution in [2.45, 2.75) is 251 Å². The lowest BCUT2D eigenvalue weighted by Gasteiger charge is -2.28. The van der Waals surface area contributed by atoms with E-state index in [1.165, 1.54) is 167 Å². The van der Waals surface area contributed by atoms with E-state index < -0.39 is 32.5 Å². The zero-order valence-corrected chi connectivity index (χ0v) is 42.2. The lowest BCUT2D eigenvalue weighted by Crippen LogP contribution is -2.37. The summed E-state index contributed by atoms with van der Waals surface area (Å²) >= 11 is 0. The van der Waals surface area contributed by atoms with Gasteiger partial charge in [-0.15, -0.1) is 0 Å². The Morgan fingerprint density at radius 3 is 1.24 bits per heavy atom. The number of phosphoric acid groups is 1. The lowest BCUT2D eigenvalue weighted by molar-refractivity contribution is -0.870. The lowest BCUT2D eigenvalue weighted by atomic mass is 10.0. The minimum absolute atomic E-state index is 0.0356. The van der Waals surface area contributed by atoms with Crippen LogP contribution >= 0.6 is 7.82 Å². The van der Waals surface area contributed by atoms with Crippen LogP contribution in [0.2, 0.25) is 0 Å². The van der Waals surface area contributed by atoms with Crippen molar-refractivity contribution in [3.63, 3.8) is 0 Å². The van der Waals surface area contributed by atoms with Crippen LogP contribution in [0, 0.1) is 0 Å². The van der Waals surface area contributed by atoms with Gasteiger partial charge < -0.3 is 27.9 Å². The molecule has 9 nitrogen and oxygen atoms in total. The molecule has 0 rings (SSSR count). The number of phosphoric ester groups is 1. The maximum atomic E-state index is 12.7. The molecule has 2 atom stereocenters. The Labute approximate surface area is 383 Å². The van der Waals surface area contributed by atoms with Crippen LogP contribution < -0.4 is 4.89 Å². The average Bonchev–Trinajstić information content (AvgIpc) is 3.23. The number of esters is 2. The molecule has 10 heteroatoms. The first kappa shape index (κ1) is 60.5.